The number of carbonyl (C=O) groups excluding carboxylic acids is 1. The van der Waals surface area contributed by atoms with Gasteiger partial charge in [-0.25, -0.2) is 0 Å². The Hall–Kier alpha value is -1.35. The molecule has 0 spiro atoms. The van der Waals surface area contributed by atoms with Gasteiger partial charge in [-0.3, -0.25) is 4.79 Å². The van der Waals surface area contributed by atoms with Crippen LogP contribution in [0, 0.1) is 12.8 Å². The molecule has 1 aliphatic heterocycles. The molecule has 1 aliphatic rings. The Bertz CT molecular complexity index is 468. The predicted molar refractivity (Wildman–Crippen MR) is 77.9 cm³/mol. The van der Waals surface area contributed by atoms with Crippen LogP contribution >= 0.6 is 0 Å². The summed E-state index contributed by atoms with van der Waals surface area (Å²) in [6, 6.07) is 8.14. The average molecular weight is 260 g/mol. The fourth-order valence-corrected chi connectivity index (χ4v) is 2.99. The van der Waals surface area contributed by atoms with E-state index in [9.17, 15) is 4.79 Å². The maximum absolute atomic E-state index is 12.8. The van der Waals surface area contributed by atoms with Crippen LogP contribution in [0.5, 0.6) is 0 Å². The zero-order chi connectivity index (χ0) is 14.0. The average Bonchev–Trinajstić information content (AvgIpc) is 2.86. The first kappa shape index (κ1) is 14.1. The maximum Gasteiger partial charge on any atom is 0.232 e. The first-order chi connectivity index (χ1) is 8.96. The molecule has 104 valence electrons. The zero-order valence-electron chi connectivity index (χ0n) is 12.1. The van der Waals surface area contributed by atoms with Crippen molar-refractivity contribution in [1.82, 2.24) is 4.90 Å². The van der Waals surface area contributed by atoms with E-state index in [1.165, 1.54) is 5.56 Å². The Morgan fingerprint density at radius 3 is 2.68 bits per heavy atom. The van der Waals surface area contributed by atoms with E-state index in [0.29, 0.717) is 12.5 Å². The van der Waals surface area contributed by atoms with E-state index in [2.05, 4.69) is 19.1 Å². The molecule has 1 aromatic rings. The number of nitrogens with two attached hydrogens (primary N) is 1. The van der Waals surface area contributed by atoms with Gasteiger partial charge in [-0.15, -0.1) is 0 Å². The highest BCUT2D eigenvalue weighted by atomic mass is 16.2. The molecular weight excluding hydrogens is 236 g/mol. The van der Waals surface area contributed by atoms with Gasteiger partial charge < -0.3 is 10.6 Å². The van der Waals surface area contributed by atoms with Crippen LogP contribution in [0.1, 0.15) is 31.4 Å². The Kier molecular flexibility index (Phi) is 3.95. The molecule has 0 bridgehead atoms. The van der Waals surface area contributed by atoms with Gasteiger partial charge in [0.1, 0.15) is 0 Å². The molecular formula is C16H24N2O. The Morgan fingerprint density at radius 1 is 1.42 bits per heavy atom. The van der Waals surface area contributed by atoms with Gasteiger partial charge >= 0.3 is 0 Å². The van der Waals surface area contributed by atoms with Gasteiger partial charge in [-0.2, -0.15) is 0 Å². The monoisotopic (exact) mass is 260 g/mol. The van der Waals surface area contributed by atoms with Gasteiger partial charge in [0.05, 0.1) is 5.41 Å². The minimum absolute atomic E-state index is 0.220. The lowest BCUT2D eigenvalue weighted by molar-refractivity contribution is -0.135. The van der Waals surface area contributed by atoms with Gasteiger partial charge in [0.15, 0.2) is 0 Å². The second kappa shape index (κ2) is 5.33. The van der Waals surface area contributed by atoms with E-state index in [1.54, 1.807) is 0 Å². The van der Waals surface area contributed by atoms with Crippen LogP contribution < -0.4 is 5.73 Å². The third kappa shape index (κ3) is 2.66. The Morgan fingerprint density at radius 2 is 2.11 bits per heavy atom. The highest BCUT2D eigenvalue weighted by Crippen LogP contribution is 2.30. The van der Waals surface area contributed by atoms with E-state index in [-0.39, 0.29) is 5.91 Å². The minimum atomic E-state index is -0.463. The van der Waals surface area contributed by atoms with Crippen molar-refractivity contribution in [3.63, 3.8) is 0 Å². The van der Waals surface area contributed by atoms with E-state index in [4.69, 9.17) is 5.73 Å². The van der Waals surface area contributed by atoms with Crippen LogP contribution in [0.15, 0.2) is 24.3 Å². The minimum Gasteiger partial charge on any atom is -0.342 e. The van der Waals surface area contributed by atoms with Crippen molar-refractivity contribution in [1.29, 1.82) is 0 Å². The third-order valence-corrected chi connectivity index (χ3v) is 4.26. The molecule has 0 saturated carbocycles. The molecule has 2 rings (SSSR count). The van der Waals surface area contributed by atoms with Crippen molar-refractivity contribution in [2.24, 2.45) is 11.7 Å². The topological polar surface area (TPSA) is 46.3 Å². The quantitative estimate of drug-likeness (QED) is 0.904. The van der Waals surface area contributed by atoms with Crippen LogP contribution in [0.3, 0.4) is 0 Å². The zero-order valence-corrected chi connectivity index (χ0v) is 12.1. The molecule has 1 heterocycles. The van der Waals surface area contributed by atoms with E-state index >= 15 is 0 Å². The van der Waals surface area contributed by atoms with Crippen LogP contribution in [0.25, 0.3) is 0 Å². The molecule has 1 aromatic carbocycles. The molecule has 1 saturated heterocycles. The molecule has 3 heteroatoms. The van der Waals surface area contributed by atoms with Crippen LogP contribution in [-0.4, -0.2) is 30.4 Å². The van der Waals surface area contributed by atoms with Gasteiger partial charge in [-0.05, 0) is 50.8 Å². The predicted octanol–water partition coefficient (Wildman–Crippen LogP) is 2.08. The van der Waals surface area contributed by atoms with Crippen LogP contribution in [-0.2, 0) is 10.2 Å². The van der Waals surface area contributed by atoms with Crippen molar-refractivity contribution in [3.8, 4) is 0 Å². The Balaban J connectivity index is 2.20. The highest BCUT2D eigenvalue weighted by Gasteiger charge is 2.37. The standard InChI is InChI=1S/C16H24N2O/c1-12-6-4-5-7-14(12)16(2,3)15(19)18-9-8-13(10-17)11-18/h4-7,13H,8-11,17H2,1-3H3/t13-/m1/s1. The fourth-order valence-electron chi connectivity index (χ4n) is 2.99. The second-order valence-corrected chi connectivity index (χ2v) is 6.08. The first-order valence-corrected chi connectivity index (χ1v) is 7.02. The number of nitrogens with zero attached hydrogens (tertiary/aromatic N) is 1. The normalized spacial score (nSPS) is 19.8. The van der Waals surface area contributed by atoms with Gasteiger partial charge in [0.25, 0.3) is 0 Å². The molecule has 3 nitrogen and oxygen atoms in total. The molecule has 0 aromatic heterocycles. The van der Waals surface area contributed by atoms with E-state index in [1.807, 2.05) is 30.9 Å². The summed E-state index contributed by atoms with van der Waals surface area (Å²) in [6.45, 7) is 8.44. The lowest BCUT2D eigenvalue weighted by Crippen LogP contribution is -2.43. The molecule has 1 amide bonds. The number of rotatable bonds is 3. The smallest absolute Gasteiger partial charge is 0.232 e. The highest BCUT2D eigenvalue weighted by molar-refractivity contribution is 5.88. The summed E-state index contributed by atoms with van der Waals surface area (Å²) in [5.41, 5.74) is 7.54. The van der Waals surface area contributed by atoms with Crippen molar-refractivity contribution < 1.29 is 4.79 Å². The number of carbonyl (C=O) groups is 1. The molecule has 19 heavy (non-hydrogen) atoms. The molecule has 0 aliphatic carbocycles. The van der Waals surface area contributed by atoms with E-state index < -0.39 is 5.41 Å². The SMILES string of the molecule is Cc1ccccc1C(C)(C)C(=O)N1CC[C@H](CN)C1. The summed E-state index contributed by atoms with van der Waals surface area (Å²) in [6.07, 6.45) is 1.03. The number of benzene rings is 1. The van der Waals surface area contributed by atoms with E-state index in [0.717, 1.165) is 25.1 Å². The number of hydrogen-bond acceptors (Lipinski definition) is 2. The van der Waals surface area contributed by atoms with Gasteiger partial charge in [0.2, 0.25) is 5.91 Å². The summed E-state index contributed by atoms with van der Waals surface area (Å²) < 4.78 is 0. The lowest BCUT2D eigenvalue weighted by atomic mass is 9.81. The molecule has 0 unspecified atom stereocenters. The summed E-state index contributed by atoms with van der Waals surface area (Å²) in [5, 5.41) is 0. The van der Waals surface area contributed by atoms with Gasteiger partial charge in [0, 0.05) is 13.1 Å². The van der Waals surface area contributed by atoms with Crippen LogP contribution in [0.4, 0.5) is 0 Å². The first-order valence-electron chi connectivity index (χ1n) is 7.02. The molecule has 1 atom stereocenters. The summed E-state index contributed by atoms with van der Waals surface area (Å²) in [4.78, 5) is 14.7. The fraction of sp³-hybridized carbons (Fsp3) is 0.562. The van der Waals surface area contributed by atoms with Crippen LogP contribution in [0.2, 0.25) is 0 Å². The van der Waals surface area contributed by atoms with Crippen molar-refractivity contribution >= 4 is 5.91 Å². The molecule has 0 radical (unpaired) electrons. The number of hydrogen-bond donors (Lipinski definition) is 1. The summed E-state index contributed by atoms with van der Waals surface area (Å²) >= 11 is 0. The van der Waals surface area contributed by atoms with Crippen molar-refractivity contribution in [2.75, 3.05) is 19.6 Å². The van der Waals surface area contributed by atoms with Crippen molar-refractivity contribution in [2.45, 2.75) is 32.6 Å². The molecule has 2 N–H and O–H groups in total. The number of aryl methyl sites for hydroxylation is 1. The number of likely N-dealkylation sites (tertiary alicyclic amines) is 1. The maximum atomic E-state index is 12.8. The number of amides is 1. The summed E-state index contributed by atoms with van der Waals surface area (Å²) in [7, 11) is 0. The third-order valence-electron chi connectivity index (χ3n) is 4.26. The molecule has 1 fully saturated rings. The largest absolute Gasteiger partial charge is 0.342 e. The Labute approximate surface area is 115 Å². The van der Waals surface area contributed by atoms with Gasteiger partial charge in [-0.1, -0.05) is 24.3 Å². The van der Waals surface area contributed by atoms with Crippen molar-refractivity contribution in [3.05, 3.63) is 35.4 Å². The lowest BCUT2D eigenvalue weighted by Gasteiger charge is -2.31. The summed E-state index contributed by atoms with van der Waals surface area (Å²) in [5.74, 6) is 0.689. The second-order valence-electron chi connectivity index (χ2n) is 6.08.